The van der Waals surface area contributed by atoms with Gasteiger partial charge in [-0.2, -0.15) is 0 Å². The van der Waals surface area contributed by atoms with Crippen molar-refractivity contribution in [3.8, 4) is 0 Å². The van der Waals surface area contributed by atoms with Gasteiger partial charge in [0, 0.05) is 18.2 Å². The van der Waals surface area contributed by atoms with Crippen molar-refractivity contribution in [2.45, 2.75) is 60.2 Å². The minimum Gasteiger partial charge on any atom is -0.465 e. The van der Waals surface area contributed by atoms with Crippen LogP contribution in [0.15, 0.2) is 10.5 Å². The molecule has 1 aromatic heterocycles. The topological polar surface area (TPSA) is 28.4 Å². The maximum absolute atomic E-state index is 5.80. The zero-order valence-electron chi connectivity index (χ0n) is 12.5. The van der Waals surface area contributed by atoms with Crippen LogP contribution in [0, 0.1) is 6.92 Å². The average Bonchev–Trinajstić information content (AvgIpc) is 2.66. The van der Waals surface area contributed by atoms with Crippen molar-refractivity contribution >= 4 is 0 Å². The van der Waals surface area contributed by atoms with Crippen LogP contribution in [-0.4, -0.2) is 24.0 Å². The van der Waals surface area contributed by atoms with Crippen molar-refractivity contribution < 1.29 is 4.42 Å². The molecule has 18 heavy (non-hydrogen) atoms. The lowest BCUT2D eigenvalue weighted by Crippen LogP contribution is -2.30. The van der Waals surface area contributed by atoms with E-state index in [0.29, 0.717) is 6.04 Å². The molecule has 0 bridgehead atoms. The first-order chi connectivity index (χ1) is 8.58. The molecule has 0 saturated heterocycles. The molecule has 0 atom stereocenters. The zero-order chi connectivity index (χ0) is 13.5. The van der Waals surface area contributed by atoms with Gasteiger partial charge >= 0.3 is 0 Å². The zero-order valence-corrected chi connectivity index (χ0v) is 12.5. The fraction of sp³-hybridized carbons (Fsp3) is 0.733. The second kappa shape index (κ2) is 7.59. The highest BCUT2D eigenvalue weighted by atomic mass is 16.3. The van der Waals surface area contributed by atoms with Gasteiger partial charge in [0.2, 0.25) is 0 Å². The van der Waals surface area contributed by atoms with E-state index in [-0.39, 0.29) is 0 Å². The minimum atomic E-state index is 0.575. The van der Waals surface area contributed by atoms with Gasteiger partial charge in [-0.15, -0.1) is 0 Å². The summed E-state index contributed by atoms with van der Waals surface area (Å²) in [5.41, 5.74) is 1.32. The average molecular weight is 252 g/mol. The van der Waals surface area contributed by atoms with Gasteiger partial charge < -0.3 is 9.73 Å². The Bertz CT molecular complexity index is 344. The molecule has 3 nitrogen and oxygen atoms in total. The standard InChI is InChI=1S/C15H28N2O/c1-6-8-16-10-15-9-14(13(5)18-15)11-17(7-2)12(3)4/h9,12,16H,6-8,10-11H2,1-5H3. The summed E-state index contributed by atoms with van der Waals surface area (Å²) in [5, 5.41) is 3.37. The Kier molecular flexibility index (Phi) is 6.44. The van der Waals surface area contributed by atoms with Gasteiger partial charge in [-0.3, -0.25) is 4.90 Å². The molecule has 0 saturated carbocycles. The fourth-order valence-corrected chi connectivity index (χ4v) is 2.10. The van der Waals surface area contributed by atoms with E-state index in [2.05, 4.69) is 50.9 Å². The summed E-state index contributed by atoms with van der Waals surface area (Å²) >= 11 is 0. The highest BCUT2D eigenvalue weighted by Gasteiger charge is 2.13. The molecule has 0 aliphatic heterocycles. The molecule has 1 aromatic rings. The van der Waals surface area contributed by atoms with Crippen molar-refractivity contribution in [3.63, 3.8) is 0 Å². The van der Waals surface area contributed by atoms with E-state index >= 15 is 0 Å². The van der Waals surface area contributed by atoms with Gasteiger partial charge in [0.15, 0.2) is 0 Å². The molecule has 0 radical (unpaired) electrons. The van der Waals surface area contributed by atoms with Crippen LogP contribution in [0.4, 0.5) is 0 Å². The van der Waals surface area contributed by atoms with Crippen LogP contribution in [0.1, 0.15) is 51.2 Å². The Morgan fingerprint density at radius 2 is 2.06 bits per heavy atom. The monoisotopic (exact) mass is 252 g/mol. The molecule has 3 heteroatoms. The van der Waals surface area contributed by atoms with E-state index in [9.17, 15) is 0 Å². The van der Waals surface area contributed by atoms with Crippen LogP contribution in [0.2, 0.25) is 0 Å². The molecular weight excluding hydrogens is 224 g/mol. The number of furan rings is 1. The lowest BCUT2D eigenvalue weighted by molar-refractivity contribution is 0.223. The molecule has 104 valence electrons. The molecule has 1 rings (SSSR count). The molecule has 0 aromatic carbocycles. The molecule has 0 fully saturated rings. The molecule has 0 spiro atoms. The van der Waals surface area contributed by atoms with Crippen LogP contribution >= 0.6 is 0 Å². The third-order valence-electron chi connectivity index (χ3n) is 3.31. The Morgan fingerprint density at radius 3 is 2.61 bits per heavy atom. The first-order valence-electron chi connectivity index (χ1n) is 7.11. The molecule has 0 amide bonds. The summed E-state index contributed by atoms with van der Waals surface area (Å²) < 4.78 is 5.80. The van der Waals surface area contributed by atoms with E-state index < -0.39 is 0 Å². The molecular formula is C15H28N2O. The highest BCUT2D eigenvalue weighted by Crippen LogP contribution is 2.17. The van der Waals surface area contributed by atoms with E-state index in [1.54, 1.807) is 0 Å². The predicted molar refractivity (Wildman–Crippen MR) is 76.7 cm³/mol. The summed E-state index contributed by atoms with van der Waals surface area (Å²) in [6.07, 6.45) is 1.16. The number of hydrogen-bond donors (Lipinski definition) is 1. The largest absolute Gasteiger partial charge is 0.465 e. The van der Waals surface area contributed by atoms with Crippen LogP contribution < -0.4 is 5.32 Å². The molecule has 1 heterocycles. The highest BCUT2D eigenvalue weighted by molar-refractivity contribution is 5.20. The van der Waals surface area contributed by atoms with E-state index in [1.165, 1.54) is 5.56 Å². The van der Waals surface area contributed by atoms with Crippen molar-refractivity contribution in [2.24, 2.45) is 0 Å². The molecule has 0 aliphatic rings. The van der Waals surface area contributed by atoms with Gasteiger partial charge in [-0.1, -0.05) is 13.8 Å². The summed E-state index contributed by atoms with van der Waals surface area (Å²) in [7, 11) is 0. The second-order valence-corrected chi connectivity index (χ2v) is 5.13. The third-order valence-corrected chi connectivity index (χ3v) is 3.31. The lowest BCUT2D eigenvalue weighted by atomic mass is 10.2. The van der Waals surface area contributed by atoms with Crippen LogP contribution in [0.5, 0.6) is 0 Å². The molecule has 1 N–H and O–H groups in total. The quantitative estimate of drug-likeness (QED) is 0.719. The van der Waals surface area contributed by atoms with Gasteiger partial charge in [0.25, 0.3) is 0 Å². The molecule has 0 unspecified atom stereocenters. The summed E-state index contributed by atoms with van der Waals surface area (Å²) in [6, 6.07) is 2.77. The Hall–Kier alpha value is -0.800. The SMILES string of the molecule is CCCNCc1cc(CN(CC)C(C)C)c(C)o1. The van der Waals surface area contributed by atoms with Gasteiger partial charge in [-0.05, 0) is 46.3 Å². The smallest absolute Gasteiger partial charge is 0.118 e. The van der Waals surface area contributed by atoms with Gasteiger partial charge in [0.05, 0.1) is 6.54 Å². The maximum Gasteiger partial charge on any atom is 0.118 e. The predicted octanol–water partition coefficient (Wildman–Crippen LogP) is 3.32. The number of aryl methyl sites for hydroxylation is 1. The van der Waals surface area contributed by atoms with Crippen molar-refractivity contribution in [2.75, 3.05) is 13.1 Å². The van der Waals surface area contributed by atoms with E-state index in [1.807, 2.05) is 0 Å². The van der Waals surface area contributed by atoms with Gasteiger partial charge in [-0.25, -0.2) is 0 Å². The minimum absolute atomic E-state index is 0.575. The Labute approximate surface area is 112 Å². The van der Waals surface area contributed by atoms with Crippen molar-refractivity contribution in [1.29, 1.82) is 0 Å². The normalized spacial score (nSPS) is 11.7. The Balaban J connectivity index is 2.60. The van der Waals surface area contributed by atoms with E-state index in [4.69, 9.17) is 4.42 Å². The van der Waals surface area contributed by atoms with Crippen molar-refractivity contribution in [1.82, 2.24) is 10.2 Å². The van der Waals surface area contributed by atoms with Crippen LogP contribution in [0.3, 0.4) is 0 Å². The number of hydrogen-bond acceptors (Lipinski definition) is 3. The number of rotatable bonds is 8. The Morgan fingerprint density at radius 1 is 1.33 bits per heavy atom. The first-order valence-corrected chi connectivity index (χ1v) is 7.11. The van der Waals surface area contributed by atoms with Crippen LogP contribution in [0.25, 0.3) is 0 Å². The number of nitrogens with one attached hydrogen (secondary N) is 1. The number of nitrogens with zero attached hydrogens (tertiary/aromatic N) is 1. The summed E-state index contributed by atoms with van der Waals surface area (Å²) in [4.78, 5) is 2.45. The maximum atomic E-state index is 5.80. The van der Waals surface area contributed by atoms with E-state index in [0.717, 1.165) is 44.1 Å². The lowest BCUT2D eigenvalue weighted by Gasteiger charge is -2.24. The molecule has 0 aliphatic carbocycles. The van der Waals surface area contributed by atoms with Crippen molar-refractivity contribution in [3.05, 3.63) is 23.2 Å². The fourth-order valence-electron chi connectivity index (χ4n) is 2.10. The van der Waals surface area contributed by atoms with Gasteiger partial charge in [0.1, 0.15) is 11.5 Å². The summed E-state index contributed by atoms with van der Waals surface area (Å²) in [5.74, 6) is 2.11. The second-order valence-electron chi connectivity index (χ2n) is 5.13. The summed E-state index contributed by atoms with van der Waals surface area (Å²) in [6.45, 7) is 14.9. The third kappa shape index (κ3) is 4.46. The van der Waals surface area contributed by atoms with Crippen LogP contribution in [-0.2, 0) is 13.1 Å². The first kappa shape index (κ1) is 15.3.